The van der Waals surface area contributed by atoms with Crippen LogP contribution in [-0.4, -0.2) is 99.4 Å². The summed E-state index contributed by atoms with van der Waals surface area (Å²) < 4.78 is 5.45. The van der Waals surface area contributed by atoms with Gasteiger partial charge in [0.05, 0.1) is 5.57 Å². The maximum Gasteiger partial charge on any atom is 0.276 e. The standard InChI is InChI=1S/C20H35N5O3.C3H4.C2H4O/c1-6-17(20(26)22-28-19-9-7-8-12-27-19)13-21-16(2)25-11-10-24(5)18(15-25)14-23(3)4;1-3-2;1-2-3/h6,13,18-19H,2,7-12,14-15H2,1,3-5H3,(H,22,26);1-2H2;2H,1H3/b17-6+,21-13-;;. The summed E-state index contributed by atoms with van der Waals surface area (Å²) in [4.78, 5) is 37.6. The monoisotopic (exact) mass is 477 g/mol. The lowest BCUT2D eigenvalue weighted by molar-refractivity contribution is -0.198. The van der Waals surface area contributed by atoms with Crippen LogP contribution in [0.3, 0.4) is 0 Å². The lowest BCUT2D eigenvalue weighted by atomic mass is 10.1. The first-order valence-corrected chi connectivity index (χ1v) is 11.5. The highest BCUT2D eigenvalue weighted by molar-refractivity contribution is 6.11. The van der Waals surface area contributed by atoms with Gasteiger partial charge in [0.25, 0.3) is 5.91 Å². The molecule has 34 heavy (non-hydrogen) atoms. The average molecular weight is 478 g/mol. The van der Waals surface area contributed by atoms with Gasteiger partial charge in [0, 0.05) is 51.5 Å². The third kappa shape index (κ3) is 13.2. The van der Waals surface area contributed by atoms with E-state index in [4.69, 9.17) is 14.4 Å². The summed E-state index contributed by atoms with van der Waals surface area (Å²) in [6, 6.07) is 0.420. The third-order valence-electron chi connectivity index (χ3n) is 5.06. The Morgan fingerprint density at radius 2 is 1.94 bits per heavy atom. The van der Waals surface area contributed by atoms with Crippen LogP contribution in [0.5, 0.6) is 0 Å². The van der Waals surface area contributed by atoms with Gasteiger partial charge in [-0.25, -0.2) is 15.3 Å². The van der Waals surface area contributed by atoms with Crippen LogP contribution in [0.1, 0.15) is 33.1 Å². The van der Waals surface area contributed by atoms with Crippen molar-refractivity contribution in [3.63, 3.8) is 0 Å². The molecule has 2 fully saturated rings. The molecular weight excluding hydrogens is 434 g/mol. The van der Waals surface area contributed by atoms with Crippen molar-refractivity contribution in [3.8, 4) is 0 Å². The topological polar surface area (TPSA) is 86.7 Å². The second-order valence-electron chi connectivity index (χ2n) is 8.09. The first-order valence-electron chi connectivity index (χ1n) is 11.5. The van der Waals surface area contributed by atoms with Gasteiger partial charge in [0.15, 0.2) is 6.29 Å². The fourth-order valence-corrected chi connectivity index (χ4v) is 3.27. The van der Waals surface area contributed by atoms with E-state index in [1.165, 1.54) is 6.92 Å². The van der Waals surface area contributed by atoms with E-state index < -0.39 is 0 Å². The summed E-state index contributed by atoms with van der Waals surface area (Å²) in [5, 5.41) is 0. The molecule has 192 valence electrons. The van der Waals surface area contributed by atoms with Crippen LogP contribution in [0.4, 0.5) is 0 Å². The van der Waals surface area contributed by atoms with E-state index in [1.807, 2.05) is 0 Å². The van der Waals surface area contributed by atoms with Gasteiger partial charge in [-0.1, -0.05) is 25.8 Å². The molecule has 2 rings (SSSR count). The maximum atomic E-state index is 12.3. The van der Waals surface area contributed by atoms with Crippen molar-refractivity contribution in [2.24, 2.45) is 4.99 Å². The van der Waals surface area contributed by atoms with Gasteiger partial charge in [-0.05, 0) is 47.8 Å². The largest absolute Gasteiger partial charge is 0.354 e. The Bertz CT molecular complexity index is 708. The number of allylic oxidation sites excluding steroid dienone is 1. The lowest BCUT2D eigenvalue weighted by Crippen LogP contribution is -2.54. The van der Waals surface area contributed by atoms with Gasteiger partial charge in [0.1, 0.15) is 12.1 Å². The number of rotatable bonds is 8. The molecule has 2 aliphatic heterocycles. The Morgan fingerprint density at radius 1 is 1.29 bits per heavy atom. The quantitative estimate of drug-likeness (QED) is 0.189. The zero-order chi connectivity index (χ0) is 25.9. The number of nitrogens with one attached hydrogen (secondary N) is 1. The van der Waals surface area contributed by atoms with Crippen LogP contribution in [-0.2, 0) is 19.2 Å². The molecule has 9 heteroatoms. The molecule has 2 heterocycles. The van der Waals surface area contributed by atoms with Crippen molar-refractivity contribution in [2.45, 2.75) is 45.4 Å². The smallest absolute Gasteiger partial charge is 0.276 e. The Balaban J connectivity index is 0.00000164. The molecule has 9 nitrogen and oxygen atoms in total. The van der Waals surface area contributed by atoms with Crippen molar-refractivity contribution in [2.75, 3.05) is 53.9 Å². The molecular formula is C25H43N5O4. The number of aliphatic imine (C=N–C) groups is 1. The van der Waals surface area contributed by atoms with E-state index in [2.05, 4.69) is 71.8 Å². The van der Waals surface area contributed by atoms with Gasteiger partial charge in [0.2, 0.25) is 0 Å². The Labute approximate surface area is 205 Å². The Kier molecular flexibility index (Phi) is 17.4. The highest BCUT2D eigenvalue weighted by atomic mass is 16.8. The second kappa shape index (κ2) is 18.8. The maximum absolute atomic E-state index is 12.3. The van der Waals surface area contributed by atoms with E-state index in [1.54, 1.807) is 19.2 Å². The zero-order valence-electron chi connectivity index (χ0n) is 21.6. The van der Waals surface area contributed by atoms with E-state index in [0.29, 0.717) is 24.0 Å². The fourth-order valence-electron chi connectivity index (χ4n) is 3.27. The van der Waals surface area contributed by atoms with Gasteiger partial charge in [-0.2, -0.15) is 0 Å². The summed E-state index contributed by atoms with van der Waals surface area (Å²) in [5.41, 5.74) is 5.14. The number of ether oxygens (including phenoxy) is 1. The van der Waals surface area contributed by atoms with E-state index in [-0.39, 0.29) is 12.2 Å². The van der Waals surface area contributed by atoms with E-state index in [0.717, 1.165) is 51.7 Å². The van der Waals surface area contributed by atoms with Gasteiger partial charge in [-0.3, -0.25) is 9.69 Å². The van der Waals surface area contributed by atoms with Crippen molar-refractivity contribution >= 4 is 18.4 Å². The fraction of sp³-hybridized carbons (Fsp3) is 0.600. The number of hydrogen-bond donors (Lipinski definition) is 1. The van der Waals surface area contributed by atoms with Gasteiger partial charge in [-0.15, -0.1) is 5.73 Å². The molecule has 2 saturated heterocycles. The van der Waals surface area contributed by atoms with Crippen LogP contribution < -0.4 is 5.48 Å². The molecule has 2 atom stereocenters. The van der Waals surface area contributed by atoms with Gasteiger partial charge >= 0.3 is 0 Å². The first kappa shape index (κ1) is 31.4. The molecule has 1 N–H and O–H groups in total. The van der Waals surface area contributed by atoms with Crippen molar-refractivity contribution in [1.29, 1.82) is 0 Å². The number of amides is 1. The molecule has 0 bridgehead atoms. The molecule has 2 aliphatic rings. The zero-order valence-corrected chi connectivity index (χ0v) is 21.6. The van der Waals surface area contributed by atoms with Crippen LogP contribution in [0, 0.1) is 0 Å². The van der Waals surface area contributed by atoms with E-state index >= 15 is 0 Å². The summed E-state index contributed by atoms with van der Waals surface area (Å²) in [6.45, 7) is 17.9. The number of hydrogen-bond acceptors (Lipinski definition) is 8. The number of likely N-dealkylation sites (N-methyl/N-ethyl adjacent to an activating group) is 2. The average Bonchev–Trinajstić information content (AvgIpc) is 2.81. The third-order valence-corrected chi connectivity index (χ3v) is 5.06. The molecule has 0 spiro atoms. The molecule has 0 aromatic rings. The second-order valence-corrected chi connectivity index (χ2v) is 8.09. The number of carbonyl (C=O) groups is 2. The minimum atomic E-state index is -0.373. The van der Waals surface area contributed by atoms with Gasteiger partial charge < -0.3 is 19.3 Å². The summed E-state index contributed by atoms with van der Waals surface area (Å²) in [5.74, 6) is 0.331. The predicted octanol–water partition coefficient (Wildman–Crippen LogP) is 2.39. The molecule has 1 amide bonds. The Morgan fingerprint density at radius 3 is 2.47 bits per heavy atom. The number of piperazine rings is 1. The van der Waals surface area contributed by atoms with Crippen molar-refractivity contribution in [1.82, 2.24) is 20.2 Å². The molecule has 0 radical (unpaired) electrons. The highest BCUT2D eigenvalue weighted by Gasteiger charge is 2.25. The Hall–Kier alpha value is -2.55. The summed E-state index contributed by atoms with van der Waals surface area (Å²) in [7, 11) is 6.31. The number of carbonyl (C=O) groups excluding carboxylic acids is 2. The number of nitrogens with zero attached hydrogens (tertiary/aromatic N) is 4. The number of hydroxylamine groups is 1. The molecule has 0 aromatic carbocycles. The van der Waals surface area contributed by atoms with Crippen molar-refractivity contribution in [3.05, 3.63) is 42.9 Å². The lowest BCUT2D eigenvalue weighted by Gasteiger charge is -2.41. The molecule has 2 unspecified atom stereocenters. The van der Waals surface area contributed by atoms with Crippen LogP contribution in [0.25, 0.3) is 0 Å². The summed E-state index contributed by atoms with van der Waals surface area (Å²) >= 11 is 0. The van der Waals surface area contributed by atoms with Crippen molar-refractivity contribution < 1.29 is 19.2 Å². The minimum absolute atomic E-state index is 0.336. The minimum Gasteiger partial charge on any atom is -0.354 e. The highest BCUT2D eigenvalue weighted by Crippen LogP contribution is 2.14. The normalized spacial score (nSPS) is 21.0. The van der Waals surface area contributed by atoms with E-state index in [9.17, 15) is 4.79 Å². The molecule has 0 aliphatic carbocycles. The molecule has 0 saturated carbocycles. The SMILES string of the molecule is C=C(/N=C\C(=C/C)C(=O)NOC1CCCCO1)N1CCN(C)C(CN(C)C)C1.C=C=C.CC=O. The van der Waals surface area contributed by atoms with Crippen LogP contribution in [0.15, 0.2) is 47.9 Å². The number of aldehydes is 1. The summed E-state index contributed by atoms with van der Waals surface area (Å²) in [6.07, 6.45) is 6.48. The molecule has 0 aromatic heterocycles. The van der Waals surface area contributed by atoms with Crippen LogP contribution in [0.2, 0.25) is 0 Å². The predicted molar refractivity (Wildman–Crippen MR) is 137 cm³/mol. The van der Waals surface area contributed by atoms with Crippen LogP contribution >= 0.6 is 0 Å². The first-order chi connectivity index (χ1) is 16.2.